The Hall–Kier alpha value is -2.42. The third kappa shape index (κ3) is 3.87. The Morgan fingerprint density at radius 2 is 2.08 bits per heavy atom. The first-order chi connectivity index (χ1) is 12.3. The first kappa shape index (κ1) is 18.4. The van der Waals surface area contributed by atoms with Crippen LogP contribution in [-0.4, -0.2) is 32.8 Å². The van der Waals surface area contributed by atoms with E-state index in [1.165, 1.54) is 16.4 Å². The van der Waals surface area contributed by atoms with Gasteiger partial charge in [0.15, 0.2) is 17.3 Å². The van der Waals surface area contributed by atoms with E-state index in [1.54, 1.807) is 0 Å². The summed E-state index contributed by atoms with van der Waals surface area (Å²) in [5, 5.41) is 11.3. The van der Waals surface area contributed by atoms with Crippen LogP contribution < -0.4 is 20.6 Å². The molecule has 1 amide bonds. The van der Waals surface area contributed by atoms with Gasteiger partial charge in [0.05, 0.1) is 5.25 Å². The van der Waals surface area contributed by atoms with Crippen LogP contribution >= 0.6 is 11.8 Å². The number of carbonyl (C=O) groups excluding carboxylic acids is 1. The molecule has 0 saturated carbocycles. The van der Waals surface area contributed by atoms with Crippen molar-refractivity contribution in [1.82, 2.24) is 20.2 Å². The predicted molar refractivity (Wildman–Crippen MR) is 98.6 cm³/mol. The zero-order valence-electron chi connectivity index (χ0n) is 15.3. The van der Waals surface area contributed by atoms with Crippen LogP contribution in [0.4, 0.5) is 0 Å². The third-order valence-electron chi connectivity index (χ3n) is 3.89. The average Bonchev–Trinajstić information content (AvgIpc) is 3.18. The minimum absolute atomic E-state index is 0.104. The van der Waals surface area contributed by atoms with E-state index in [2.05, 4.69) is 15.5 Å². The van der Waals surface area contributed by atoms with Gasteiger partial charge in [0, 0.05) is 12.0 Å². The number of hydrogen-bond donors (Lipinski definition) is 2. The van der Waals surface area contributed by atoms with Crippen LogP contribution in [0.5, 0.6) is 11.5 Å². The maximum Gasteiger partial charge on any atom is 0.233 e. The van der Waals surface area contributed by atoms with Gasteiger partial charge in [0.25, 0.3) is 0 Å². The molecule has 0 unspecified atom stereocenters. The van der Waals surface area contributed by atoms with Crippen LogP contribution in [0.15, 0.2) is 23.4 Å². The van der Waals surface area contributed by atoms with E-state index < -0.39 is 0 Å². The second-order valence-electron chi connectivity index (χ2n) is 7.09. The summed E-state index contributed by atoms with van der Waals surface area (Å²) in [5.74, 6) is 8.06. The van der Waals surface area contributed by atoms with E-state index in [4.69, 9.17) is 15.3 Å². The minimum Gasteiger partial charge on any atom is -0.454 e. The smallest absolute Gasteiger partial charge is 0.233 e. The number of carbonyl (C=O) groups is 1. The molecule has 140 valence electrons. The van der Waals surface area contributed by atoms with Crippen molar-refractivity contribution in [2.45, 2.75) is 50.1 Å². The molecule has 1 atom stereocenters. The molecule has 1 aliphatic rings. The Morgan fingerprint density at radius 3 is 2.77 bits per heavy atom. The molecule has 1 aromatic heterocycles. The van der Waals surface area contributed by atoms with Crippen molar-refractivity contribution in [3.63, 3.8) is 0 Å². The Bertz CT molecular complexity index is 815. The summed E-state index contributed by atoms with van der Waals surface area (Å²) in [7, 11) is 0. The topological polar surface area (TPSA) is 104 Å². The highest BCUT2D eigenvalue weighted by atomic mass is 32.2. The SMILES string of the molecule is C[C@H](Sc1nnc(C(C)(C)C)n1N)C(=O)NCc1ccc2c(c1)OCO2. The summed E-state index contributed by atoms with van der Waals surface area (Å²) in [6.07, 6.45) is 0. The van der Waals surface area contributed by atoms with Crippen molar-refractivity contribution < 1.29 is 14.3 Å². The number of fused-ring (bicyclic) bond motifs is 1. The largest absolute Gasteiger partial charge is 0.454 e. The van der Waals surface area contributed by atoms with Gasteiger partial charge in [0.2, 0.25) is 17.9 Å². The number of ether oxygens (including phenoxy) is 2. The summed E-state index contributed by atoms with van der Waals surface area (Å²) < 4.78 is 12.1. The highest BCUT2D eigenvalue weighted by Crippen LogP contribution is 2.32. The van der Waals surface area contributed by atoms with Crippen molar-refractivity contribution in [3.8, 4) is 11.5 Å². The van der Waals surface area contributed by atoms with Crippen LogP contribution in [0.25, 0.3) is 0 Å². The van der Waals surface area contributed by atoms with E-state index in [0.717, 1.165) is 11.3 Å². The van der Waals surface area contributed by atoms with Gasteiger partial charge in [0.1, 0.15) is 0 Å². The molecule has 0 radical (unpaired) electrons. The molecule has 3 rings (SSSR count). The molecule has 9 heteroatoms. The first-order valence-electron chi connectivity index (χ1n) is 8.29. The van der Waals surface area contributed by atoms with Crippen LogP contribution in [0.1, 0.15) is 39.1 Å². The highest BCUT2D eigenvalue weighted by molar-refractivity contribution is 8.00. The normalized spacial score (nSPS) is 14.3. The third-order valence-corrected chi connectivity index (χ3v) is 4.95. The Labute approximate surface area is 156 Å². The fourth-order valence-electron chi connectivity index (χ4n) is 2.46. The van der Waals surface area contributed by atoms with Gasteiger partial charge in [-0.1, -0.05) is 38.6 Å². The summed E-state index contributed by atoms with van der Waals surface area (Å²) in [4.78, 5) is 12.4. The summed E-state index contributed by atoms with van der Waals surface area (Å²) in [5.41, 5.74) is 0.725. The van der Waals surface area contributed by atoms with Gasteiger partial charge in [-0.2, -0.15) is 0 Å². The van der Waals surface area contributed by atoms with Crippen LogP contribution in [0.3, 0.4) is 0 Å². The number of rotatable bonds is 5. The lowest BCUT2D eigenvalue weighted by atomic mass is 9.96. The van der Waals surface area contributed by atoms with Gasteiger partial charge in [-0.25, -0.2) is 4.68 Å². The molecular formula is C17H23N5O3S. The Morgan fingerprint density at radius 1 is 1.35 bits per heavy atom. The molecule has 0 bridgehead atoms. The highest BCUT2D eigenvalue weighted by Gasteiger charge is 2.25. The van der Waals surface area contributed by atoms with E-state index in [9.17, 15) is 4.79 Å². The fourth-order valence-corrected chi connectivity index (χ4v) is 3.26. The number of amides is 1. The van der Waals surface area contributed by atoms with Gasteiger partial charge < -0.3 is 20.6 Å². The second kappa shape index (κ2) is 7.06. The van der Waals surface area contributed by atoms with Crippen molar-refractivity contribution in [3.05, 3.63) is 29.6 Å². The van der Waals surface area contributed by atoms with Crippen LogP contribution in [-0.2, 0) is 16.8 Å². The number of thioether (sulfide) groups is 1. The number of nitrogens with zero attached hydrogens (tertiary/aromatic N) is 3. The summed E-state index contributed by atoms with van der Waals surface area (Å²) in [6, 6.07) is 5.61. The summed E-state index contributed by atoms with van der Waals surface area (Å²) >= 11 is 1.28. The number of aromatic nitrogens is 3. The van der Waals surface area contributed by atoms with Gasteiger partial charge in [-0.15, -0.1) is 10.2 Å². The van der Waals surface area contributed by atoms with Gasteiger partial charge in [-0.05, 0) is 24.6 Å². The van der Waals surface area contributed by atoms with Crippen molar-refractivity contribution in [2.75, 3.05) is 12.6 Å². The molecule has 3 N–H and O–H groups in total. The van der Waals surface area contributed by atoms with E-state index in [0.29, 0.717) is 23.3 Å². The molecule has 0 saturated heterocycles. The number of benzene rings is 1. The van der Waals surface area contributed by atoms with Crippen molar-refractivity contribution in [2.24, 2.45) is 0 Å². The van der Waals surface area contributed by atoms with Gasteiger partial charge >= 0.3 is 0 Å². The maximum atomic E-state index is 12.4. The molecule has 0 aliphatic carbocycles. The zero-order valence-corrected chi connectivity index (χ0v) is 16.1. The number of nitrogens with two attached hydrogens (primary N) is 1. The summed E-state index contributed by atoms with van der Waals surface area (Å²) in [6.45, 7) is 8.48. The molecule has 0 fully saturated rings. The molecular weight excluding hydrogens is 354 g/mol. The van der Waals surface area contributed by atoms with E-state index in [1.807, 2.05) is 45.9 Å². The minimum atomic E-state index is -0.358. The average molecular weight is 377 g/mol. The second-order valence-corrected chi connectivity index (χ2v) is 8.40. The van der Waals surface area contributed by atoms with Crippen LogP contribution in [0.2, 0.25) is 0 Å². The van der Waals surface area contributed by atoms with Gasteiger partial charge in [-0.3, -0.25) is 4.79 Å². The standard InChI is InChI=1S/C17H23N5O3S/c1-10(26-16-21-20-15(22(16)18)17(2,3)4)14(23)19-8-11-5-6-12-13(7-11)25-9-24-12/h5-7,10H,8-9,18H2,1-4H3,(H,19,23)/t10-/m0/s1. The molecule has 1 aromatic carbocycles. The molecule has 26 heavy (non-hydrogen) atoms. The maximum absolute atomic E-state index is 12.4. The number of hydrogen-bond acceptors (Lipinski definition) is 7. The predicted octanol–water partition coefficient (Wildman–Crippen LogP) is 1.82. The molecule has 0 spiro atoms. The lowest BCUT2D eigenvalue weighted by Crippen LogP contribution is -2.31. The lowest BCUT2D eigenvalue weighted by molar-refractivity contribution is -0.120. The van der Waals surface area contributed by atoms with Crippen molar-refractivity contribution >= 4 is 17.7 Å². The van der Waals surface area contributed by atoms with E-state index in [-0.39, 0.29) is 23.4 Å². The number of nitrogen functional groups attached to an aromatic ring is 1. The number of nitrogens with one attached hydrogen (secondary N) is 1. The monoisotopic (exact) mass is 377 g/mol. The Kier molecular flexibility index (Phi) is 4.99. The van der Waals surface area contributed by atoms with E-state index >= 15 is 0 Å². The quantitative estimate of drug-likeness (QED) is 0.605. The molecule has 2 heterocycles. The molecule has 2 aromatic rings. The zero-order chi connectivity index (χ0) is 18.9. The lowest BCUT2D eigenvalue weighted by Gasteiger charge is -2.17. The van der Waals surface area contributed by atoms with Crippen molar-refractivity contribution in [1.29, 1.82) is 0 Å². The first-order valence-corrected chi connectivity index (χ1v) is 9.17. The van der Waals surface area contributed by atoms with Crippen LogP contribution in [0, 0.1) is 0 Å². The fraction of sp³-hybridized carbons (Fsp3) is 0.471. The molecule has 1 aliphatic heterocycles. The Balaban J connectivity index is 1.58. The molecule has 8 nitrogen and oxygen atoms in total.